The molecule has 1 atom stereocenters. The second-order valence-electron chi connectivity index (χ2n) is 5.99. The largest absolute Gasteiger partial charge is 0.302 e. The first-order valence-electron chi connectivity index (χ1n) is 6.23. The van der Waals surface area contributed by atoms with Crippen LogP contribution in [-0.2, 0) is 0 Å². The zero-order valence-corrected chi connectivity index (χ0v) is 11.1. The van der Waals surface area contributed by atoms with E-state index in [4.69, 9.17) is 5.26 Å². The van der Waals surface area contributed by atoms with Gasteiger partial charge < -0.3 is 10.2 Å². The number of nitrogens with one attached hydrogen (secondary N) is 1. The predicted octanol–water partition coefficient (Wildman–Crippen LogP) is 2.00. The molecule has 1 rings (SSSR count). The van der Waals surface area contributed by atoms with E-state index >= 15 is 0 Å². The van der Waals surface area contributed by atoms with Gasteiger partial charge in [-0.15, -0.1) is 0 Å². The maximum Gasteiger partial charge on any atom is 0.116 e. The van der Waals surface area contributed by atoms with Crippen LogP contribution in [0.5, 0.6) is 0 Å². The van der Waals surface area contributed by atoms with Gasteiger partial charge in [-0.25, -0.2) is 0 Å². The molecule has 1 N–H and O–H groups in total. The van der Waals surface area contributed by atoms with Crippen molar-refractivity contribution < 1.29 is 0 Å². The summed E-state index contributed by atoms with van der Waals surface area (Å²) in [5.41, 5.74) is 0.0614. The fourth-order valence-corrected chi connectivity index (χ4v) is 2.25. The quantitative estimate of drug-likeness (QED) is 0.795. The Hall–Kier alpha value is -0.590. The fourth-order valence-electron chi connectivity index (χ4n) is 2.25. The Balaban J connectivity index is 2.54. The maximum atomic E-state index is 9.15. The third-order valence-electron chi connectivity index (χ3n) is 3.77. The molecule has 1 fully saturated rings. The molecule has 1 saturated heterocycles. The molecule has 3 heteroatoms. The van der Waals surface area contributed by atoms with E-state index in [9.17, 15) is 0 Å². The van der Waals surface area contributed by atoms with Crippen molar-refractivity contribution in [2.75, 3.05) is 26.7 Å². The number of hydrogen-bond acceptors (Lipinski definition) is 3. The summed E-state index contributed by atoms with van der Waals surface area (Å²) in [6, 6.07) is 2.36. The third-order valence-corrected chi connectivity index (χ3v) is 3.77. The summed E-state index contributed by atoms with van der Waals surface area (Å²) < 4.78 is 0. The van der Waals surface area contributed by atoms with E-state index in [1.807, 2.05) is 14.0 Å². The molecular weight excluding hydrogens is 198 g/mol. The lowest BCUT2D eigenvalue weighted by Crippen LogP contribution is -2.49. The predicted molar refractivity (Wildman–Crippen MR) is 67.1 cm³/mol. The van der Waals surface area contributed by atoms with Crippen LogP contribution in [0.1, 0.15) is 40.0 Å². The molecule has 0 radical (unpaired) electrons. The first-order chi connectivity index (χ1) is 7.41. The number of rotatable bonds is 3. The van der Waals surface area contributed by atoms with Crippen molar-refractivity contribution in [2.45, 2.75) is 45.6 Å². The molecule has 0 amide bonds. The van der Waals surface area contributed by atoms with Crippen molar-refractivity contribution in [3.63, 3.8) is 0 Å². The van der Waals surface area contributed by atoms with Crippen LogP contribution in [0, 0.1) is 16.7 Å². The van der Waals surface area contributed by atoms with Crippen molar-refractivity contribution in [3.8, 4) is 6.07 Å². The summed E-state index contributed by atoms with van der Waals surface area (Å²) in [7, 11) is 1.87. The van der Waals surface area contributed by atoms with Gasteiger partial charge in [-0.2, -0.15) is 5.26 Å². The smallest absolute Gasteiger partial charge is 0.116 e. The molecule has 0 aromatic carbocycles. The normalized spacial score (nSPS) is 25.4. The summed E-state index contributed by atoms with van der Waals surface area (Å²) in [5.74, 6) is 0. The summed E-state index contributed by atoms with van der Waals surface area (Å²) in [6.45, 7) is 9.74. The summed E-state index contributed by atoms with van der Waals surface area (Å²) >= 11 is 0. The Morgan fingerprint density at radius 2 is 2.06 bits per heavy atom. The lowest BCUT2D eigenvalue weighted by Gasteiger charge is -2.30. The van der Waals surface area contributed by atoms with Gasteiger partial charge in [0.25, 0.3) is 0 Å². The SMILES string of the molecule is CNC(C)(C#N)CN1CCCC(C)(C)CC1. The summed E-state index contributed by atoms with van der Waals surface area (Å²) in [5, 5.41) is 12.3. The minimum Gasteiger partial charge on any atom is -0.302 e. The number of likely N-dealkylation sites (tertiary alicyclic amines) is 1. The van der Waals surface area contributed by atoms with Crippen molar-refractivity contribution in [3.05, 3.63) is 0 Å². The molecule has 0 aromatic heterocycles. The Labute approximate surface area is 99.8 Å². The molecule has 0 aromatic rings. The van der Waals surface area contributed by atoms with Crippen LogP contribution >= 0.6 is 0 Å². The number of hydrogen-bond donors (Lipinski definition) is 1. The fraction of sp³-hybridized carbons (Fsp3) is 0.923. The van der Waals surface area contributed by atoms with Crippen LogP contribution in [0.15, 0.2) is 0 Å². The molecule has 3 nitrogen and oxygen atoms in total. The van der Waals surface area contributed by atoms with Gasteiger partial charge in [0.05, 0.1) is 6.07 Å². The van der Waals surface area contributed by atoms with Gasteiger partial charge in [0, 0.05) is 6.54 Å². The van der Waals surface area contributed by atoms with Gasteiger partial charge in [-0.3, -0.25) is 0 Å². The zero-order valence-electron chi connectivity index (χ0n) is 11.1. The second-order valence-corrected chi connectivity index (χ2v) is 5.99. The van der Waals surface area contributed by atoms with Gasteiger partial charge in [0.15, 0.2) is 0 Å². The van der Waals surface area contributed by atoms with E-state index in [0.717, 1.165) is 19.6 Å². The Morgan fingerprint density at radius 3 is 2.62 bits per heavy atom. The van der Waals surface area contributed by atoms with Gasteiger partial charge in [-0.05, 0) is 51.7 Å². The van der Waals surface area contributed by atoms with Crippen molar-refractivity contribution >= 4 is 0 Å². The Kier molecular flexibility index (Phi) is 4.35. The molecular formula is C13H25N3. The highest BCUT2D eigenvalue weighted by Crippen LogP contribution is 2.30. The van der Waals surface area contributed by atoms with Crippen molar-refractivity contribution in [1.82, 2.24) is 10.2 Å². The molecule has 1 heterocycles. The molecule has 0 spiro atoms. The van der Waals surface area contributed by atoms with E-state index in [2.05, 4.69) is 30.1 Å². The van der Waals surface area contributed by atoms with E-state index in [0.29, 0.717) is 5.41 Å². The van der Waals surface area contributed by atoms with E-state index in [-0.39, 0.29) is 0 Å². The van der Waals surface area contributed by atoms with Crippen LogP contribution in [0.25, 0.3) is 0 Å². The standard InChI is InChI=1S/C13H25N3/c1-12(2)6-5-8-16(9-7-12)11-13(3,10-14)15-4/h15H,5-9,11H2,1-4H3. The van der Waals surface area contributed by atoms with E-state index < -0.39 is 5.54 Å². The number of nitrogens with zero attached hydrogens (tertiary/aromatic N) is 2. The highest BCUT2D eigenvalue weighted by Gasteiger charge is 2.28. The van der Waals surface area contributed by atoms with Crippen LogP contribution in [0.2, 0.25) is 0 Å². The van der Waals surface area contributed by atoms with Gasteiger partial charge in [-0.1, -0.05) is 13.8 Å². The number of likely N-dealkylation sites (N-methyl/N-ethyl adjacent to an activating group) is 1. The summed E-state index contributed by atoms with van der Waals surface area (Å²) in [6.07, 6.45) is 3.78. The van der Waals surface area contributed by atoms with E-state index in [1.165, 1.54) is 19.3 Å². The average molecular weight is 223 g/mol. The van der Waals surface area contributed by atoms with Gasteiger partial charge in [0.2, 0.25) is 0 Å². The lowest BCUT2D eigenvalue weighted by atomic mass is 9.85. The minimum atomic E-state index is -0.408. The zero-order chi connectivity index (χ0) is 12.2. The number of nitriles is 1. The Bertz CT molecular complexity index is 267. The topological polar surface area (TPSA) is 39.1 Å². The van der Waals surface area contributed by atoms with Crippen LogP contribution < -0.4 is 5.32 Å². The molecule has 1 aliphatic rings. The molecule has 0 bridgehead atoms. The van der Waals surface area contributed by atoms with E-state index in [1.54, 1.807) is 0 Å². The van der Waals surface area contributed by atoms with Crippen molar-refractivity contribution in [1.29, 1.82) is 5.26 Å². The average Bonchev–Trinajstić information content (AvgIpc) is 2.40. The van der Waals surface area contributed by atoms with Crippen molar-refractivity contribution in [2.24, 2.45) is 5.41 Å². The molecule has 1 unspecified atom stereocenters. The maximum absolute atomic E-state index is 9.15. The Morgan fingerprint density at radius 1 is 1.38 bits per heavy atom. The molecule has 16 heavy (non-hydrogen) atoms. The van der Waals surface area contributed by atoms with Crippen LogP contribution in [-0.4, -0.2) is 37.1 Å². The molecule has 1 aliphatic heterocycles. The lowest BCUT2D eigenvalue weighted by molar-refractivity contribution is 0.222. The molecule has 0 saturated carbocycles. The first kappa shape index (κ1) is 13.5. The third kappa shape index (κ3) is 3.77. The van der Waals surface area contributed by atoms with Crippen LogP contribution in [0.3, 0.4) is 0 Å². The first-order valence-corrected chi connectivity index (χ1v) is 6.23. The minimum absolute atomic E-state index is 0.408. The van der Waals surface area contributed by atoms with Crippen LogP contribution in [0.4, 0.5) is 0 Å². The highest BCUT2D eigenvalue weighted by atomic mass is 15.2. The second kappa shape index (κ2) is 5.16. The van der Waals surface area contributed by atoms with Gasteiger partial charge >= 0.3 is 0 Å². The van der Waals surface area contributed by atoms with Gasteiger partial charge in [0.1, 0.15) is 5.54 Å². The summed E-state index contributed by atoms with van der Waals surface area (Å²) in [4.78, 5) is 2.43. The monoisotopic (exact) mass is 223 g/mol. The molecule has 92 valence electrons. The molecule has 0 aliphatic carbocycles. The highest BCUT2D eigenvalue weighted by molar-refractivity contribution is 5.05.